The van der Waals surface area contributed by atoms with Crippen molar-refractivity contribution in [1.82, 2.24) is 0 Å². The number of rotatable bonds is 5. The van der Waals surface area contributed by atoms with Crippen LogP contribution in [-0.2, 0) is 17.8 Å². The Kier molecular flexibility index (Phi) is 5.93. The van der Waals surface area contributed by atoms with Crippen molar-refractivity contribution in [2.45, 2.75) is 26.9 Å². The topological polar surface area (TPSA) is 30.5 Å². The van der Waals surface area contributed by atoms with Crippen molar-refractivity contribution in [2.75, 3.05) is 12.4 Å². The summed E-state index contributed by atoms with van der Waals surface area (Å²) in [5.74, 6) is 0.385. The Morgan fingerprint density at radius 1 is 1.26 bits per heavy atom. The van der Waals surface area contributed by atoms with Gasteiger partial charge in [-0.2, -0.15) is 0 Å². The maximum absolute atomic E-state index is 14.0. The normalized spacial score (nSPS) is 10.3. The summed E-state index contributed by atoms with van der Waals surface area (Å²) in [6, 6.07) is 10.9. The third-order valence-corrected chi connectivity index (χ3v) is 3.81. The lowest BCUT2D eigenvalue weighted by Gasteiger charge is -2.15. The Balaban J connectivity index is 2.17. The predicted molar refractivity (Wildman–Crippen MR) is 94.5 cm³/mol. The van der Waals surface area contributed by atoms with Crippen LogP contribution in [0.25, 0.3) is 0 Å². The first-order valence-electron chi connectivity index (χ1n) is 7.39. The summed E-state index contributed by atoms with van der Waals surface area (Å²) < 4.78 is 24.7. The number of halogens is 1. The van der Waals surface area contributed by atoms with Crippen molar-refractivity contribution in [3.63, 3.8) is 0 Å². The molecule has 0 spiro atoms. The van der Waals surface area contributed by atoms with Crippen LogP contribution in [0.3, 0.4) is 0 Å². The average Bonchev–Trinajstić information content (AvgIpc) is 2.56. The lowest BCUT2D eigenvalue weighted by atomic mass is 10.1. The fourth-order valence-electron chi connectivity index (χ4n) is 2.23. The Hall–Kier alpha value is -2.14. The molecular weight excluding hydrogens is 313 g/mol. The van der Waals surface area contributed by atoms with E-state index in [1.54, 1.807) is 12.1 Å². The maximum Gasteiger partial charge on any atom is 0.260 e. The maximum atomic E-state index is 14.0. The molecule has 2 rings (SSSR count). The van der Waals surface area contributed by atoms with Gasteiger partial charge in [0.15, 0.2) is 0 Å². The number of anilines is 1. The van der Waals surface area contributed by atoms with Crippen molar-refractivity contribution in [2.24, 2.45) is 0 Å². The molecule has 0 aliphatic carbocycles. The van der Waals surface area contributed by atoms with Crippen LogP contribution in [0, 0.1) is 12.7 Å². The predicted octanol–water partition coefficient (Wildman–Crippen LogP) is 4.62. The van der Waals surface area contributed by atoms with Gasteiger partial charge in [-0.05, 0) is 48.8 Å². The van der Waals surface area contributed by atoms with Gasteiger partial charge in [-0.1, -0.05) is 31.2 Å². The van der Waals surface area contributed by atoms with Crippen LogP contribution in [0.4, 0.5) is 10.1 Å². The van der Waals surface area contributed by atoms with Gasteiger partial charge in [0, 0.05) is 5.56 Å². The number of hydrogen-bond donors (Lipinski definition) is 1. The molecule has 3 nitrogen and oxygen atoms in total. The minimum Gasteiger partial charge on any atom is -0.489 e. The first-order chi connectivity index (χ1) is 11.0. The summed E-state index contributed by atoms with van der Waals surface area (Å²) in [6.45, 7) is 4.34. The number of thiocarbonyl (C=S) groups is 1. The highest BCUT2D eigenvalue weighted by Gasteiger charge is 2.11. The first kappa shape index (κ1) is 17.2. The van der Waals surface area contributed by atoms with Crippen LogP contribution in [0.2, 0.25) is 0 Å². The van der Waals surface area contributed by atoms with Gasteiger partial charge in [-0.25, -0.2) is 4.39 Å². The molecule has 0 saturated heterocycles. The minimum atomic E-state index is -0.399. The second-order valence-electron chi connectivity index (χ2n) is 5.13. The number of nitrogens with one attached hydrogen (secondary N) is 1. The van der Waals surface area contributed by atoms with E-state index in [2.05, 4.69) is 18.3 Å². The molecule has 0 atom stereocenters. The van der Waals surface area contributed by atoms with Gasteiger partial charge in [0.2, 0.25) is 0 Å². The van der Waals surface area contributed by atoms with Gasteiger partial charge in [-0.15, -0.1) is 0 Å². The summed E-state index contributed by atoms with van der Waals surface area (Å²) in [5, 5.41) is 2.86. The molecule has 0 aromatic heterocycles. The van der Waals surface area contributed by atoms with Gasteiger partial charge >= 0.3 is 0 Å². The van der Waals surface area contributed by atoms with E-state index in [0.717, 1.165) is 17.7 Å². The lowest BCUT2D eigenvalue weighted by Crippen LogP contribution is -2.14. The van der Waals surface area contributed by atoms with E-state index in [0.29, 0.717) is 5.56 Å². The largest absolute Gasteiger partial charge is 0.489 e. The molecule has 0 saturated carbocycles. The van der Waals surface area contributed by atoms with Gasteiger partial charge in [0.1, 0.15) is 18.2 Å². The summed E-state index contributed by atoms with van der Waals surface area (Å²) in [5.41, 5.74) is 3.27. The number of aryl methyl sites for hydroxylation is 2. The van der Waals surface area contributed by atoms with Gasteiger partial charge < -0.3 is 14.8 Å². The van der Waals surface area contributed by atoms with E-state index < -0.39 is 5.82 Å². The molecule has 5 heteroatoms. The Bertz CT molecular complexity index is 703. The molecule has 0 aliphatic heterocycles. The Labute approximate surface area is 141 Å². The molecule has 2 aromatic rings. The summed E-state index contributed by atoms with van der Waals surface area (Å²) >= 11 is 4.94. The monoisotopic (exact) mass is 333 g/mol. The summed E-state index contributed by atoms with van der Waals surface area (Å²) in [7, 11) is 1.44. The minimum absolute atomic E-state index is 0.111. The second kappa shape index (κ2) is 7.92. The quantitative estimate of drug-likeness (QED) is 0.809. The second-order valence-corrected chi connectivity index (χ2v) is 5.50. The van der Waals surface area contributed by atoms with Crippen LogP contribution < -0.4 is 10.1 Å². The van der Waals surface area contributed by atoms with Crippen molar-refractivity contribution in [1.29, 1.82) is 0 Å². The molecule has 1 N–H and O–H groups in total. The van der Waals surface area contributed by atoms with E-state index in [4.69, 9.17) is 21.7 Å². The van der Waals surface area contributed by atoms with E-state index in [-0.39, 0.29) is 17.5 Å². The molecule has 0 unspecified atom stereocenters. The molecule has 0 aliphatic rings. The summed E-state index contributed by atoms with van der Waals surface area (Å²) in [6.07, 6.45) is 0.980. The van der Waals surface area contributed by atoms with Crippen molar-refractivity contribution < 1.29 is 13.9 Å². The van der Waals surface area contributed by atoms with E-state index in [1.807, 2.05) is 19.1 Å². The lowest BCUT2D eigenvalue weighted by molar-refractivity contribution is 0.304. The van der Waals surface area contributed by atoms with Crippen molar-refractivity contribution in [3.05, 3.63) is 58.9 Å². The van der Waals surface area contributed by atoms with Crippen LogP contribution in [0.1, 0.15) is 23.6 Å². The van der Waals surface area contributed by atoms with Crippen LogP contribution >= 0.6 is 12.2 Å². The zero-order chi connectivity index (χ0) is 16.8. The number of para-hydroxylation sites is 1. The van der Waals surface area contributed by atoms with E-state index in [9.17, 15) is 4.39 Å². The number of hydrogen-bond acceptors (Lipinski definition) is 3. The molecule has 23 heavy (non-hydrogen) atoms. The highest BCUT2D eigenvalue weighted by Crippen LogP contribution is 2.24. The fourth-order valence-corrected chi connectivity index (χ4v) is 2.33. The van der Waals surface area contributed by atoms with Crippen LogP contribution in [0.5, 0.6) is 5.75 Å². The Morgan fingerprint density at radius 2 is 2.04 bits per heavy atom. The third kappa shape index (κ3) is 4.42. The number of benzene rings is 2. The van der Waals surface area contributed by atoms with Gasteiger partial charge in [0.25, 0.3) is 5.17 Å². The molecule has 2 aromatic carbocycles. The Morgan fingerprint density at radius 3 is 2.70 bits per heavy atom. The standard InChI is InChI=1S/C18H20FNO2S/c1-4-13-8-9-16(12(2)10-13)22-11-14-6-5-7-15(19)17(14)20-18(23)21-3/h5-10H,4,11H2,1-3H3,(H,20,23). The molecule has 0 heterocycles. The molecular formula is C18H20FNO2S. The molecule has 0 bridgehead atoms. The molecule has 0 radical (unpaired) electrons. The highest BCUT2D eigenvalue weighted by atomic mass is 32.1. The first-order valence-corrected chi connectivity index (χ1v) is 7.80. The van der Waals surface area contributed by atoms with E-state index in [1.165, 1.54) is 18.7 Å². The highest BCUT2D eigenvalue weighted by molar-refractivity contribution is 7.80. The van der Waals surface area contributed by atoms with Crippen LogP contribution in [0.15, 0.2) is 36.4 Å². The summed E-state index contributed by atoms with van der Waals surface area (Å²) in [4.78, 5) is 0. The fraction of sp³-hybridized carbons (Fsp3) is 0.278. The molecule has 122 valence electrons. The zero-order valence-electron chi connectivity index (χ0n) is 13.5. The number of methoxy groups -OCH3 is 1. The SMILES string of the molecule is CCc1ccc(OCc2cccc(F)c2NC(=S)OC)c(C)c1. The smallest absolute Gasteiger partial charge is 0.260 e. The van der Waals surface area contributed by atoms with Crippen molar-refractivity contribution >= 4 is 23.1 Å². The molecule has 0 fully saturated rings. The number of ether oxygens (including phenoxy) is 2. The van der Waals surface area contributed by atoms with Gasteiger partial charge in [0.05, 0.1) is 12.8 Å². The van der Waals surface area contributed by atoms with Gasteiger partial charge in [-0.3, -0.25) is 0 Å². The zero-order valence-corrected chi connectivity index (χ0v) is 14.3. The average molecular weight is 333 g/mol. The molecule has 0 amide bonds. The van der Waals surface area contributed by atoms with E-state index >= 15 is 0 Å². The third-order valence-electron chi connectivity index (χ3n) is 3.54. The van der Waals surface area contributed by atoms with Crippen LogP contribution in [-0.4, -0.2) is 12.3 Å². The van der Waals surface area contributed by atoms with Crippen molar-refractivity contribution in [3.8, 4) is 5.75 Å².